The molecule has 1 aliphatic carbocycles. The lowest BCUT2D eigenvalue weighted by Crippen LogP contribution is -2.23. The second-order valence-electron chi connectivity index (χ2n) is 4.60. The van der Waals surface area contributed by atoms with E-state index in [1.54, 1.807) is 0 Å². The van der Waals surface area contributed by atoms with Crippen molar-refractivity contribution in [3.05, 3.63) is 16.1 Å². The zero-order chi connectivity index (χ0) is 10.7. The molecule has 2 unspecified atom stereocenters. The second-order valence-corrected chi connectivity index (χ2v) is 5.54. The Hall–Kier alpha value is -0.410. The SMILES string of the molecule is CNCC1CCCC1Cc1nc(C)cs1. The first-order valence-electron chi connectivity index (χ1n) is 5.85. The third kappa shape index (κ3) is 2.79. The summed E-state index contributed by atoms with van der Waals surface area (Å²) < 4.78 is 0. The van der Waals surface area contributed by atoms with E-state index in [4.69, 9.17) is 0 Å². The molecular weight excluding hydrogens is 204 g/mol. The highest BCUT2D eigenvalue weighted by molar-refractivity contribution is 7.09. The average Bonchev–Trinajstić information content (AvgIpc) is 2.78. The number of rotatable bonds is 4. The minimum absolute atomic E-state index is 0.864. The maximum absolute atomic E-state index is 4.57. The van der Waals surface area contributed by atoms with Crippen molar-refractivity contribution < 1.29 is 0 Å². The first-order chi connectivity index (χ1) is 7.29. The number of aromatic nitrogens is 1. The van der Waals surface area contributed by atoms with Gasteiger partial charge in [0.1, 0.15) is 0 Å². The molecule has 1 heterocycles. The van der Waals surface area contributed by atoms with Gasteiger partial charge in [-0.05, 0) is 45.2 Å². The molecule has 0 radical (unpaired) electrons. The molecule has 15 heavy (non-hydrogen) atoms. The number of hydrogen-bond donors (Lipinski definition) is 1. The topological polar surface area (TPSA) is 24.9 Å². The molecule has 1 aliphatic rings. The van der Waals surface area contributed by atoms with Crippen molar-refractivity contribution in [3.63, 3.8) is 0 Å². The van der Waals surface area contributed by atoms with E-state index in [1.807, 2.05) is 11.3 Å². The van der Waals surface area contributed by atoms with Crippen LogP contribution in [-0.4, -0.2) is 18.6 Å². The van der Waals surface area contributed by atoms with Crippen LogP contribution in [0.2, 0.25) is 0 Å². The van der Waals surface area contributed by atoms with Crippen molar-refractivity contribution in [2.24, 2.45) is 11.8 Å². The molecule has 2 rings (SSSR count). The largest absolute Gasteiger partial charge is 0.319 e. The van der Waals surface area contributed by atoms with Crippen molar-refractivity contribution in [1.82, 2.24) is 10.3 Å². The quantitative estimate of drug-likeness (QED) is 0.850. The van der Waals surface area contributed by atoms with Gasteiger partial charge in [-0.1, -0.05) is 6.42 Å². The first kappa shape index (κ1) is 11.1. The molecule has 1 aromatic rings. The van der Waals surface area contributed by atoms with Gasteiger partial charge in [0.2, 0.25) is 0 Å². The molecule has 0 aromatic carbocycles. The van der Waals surface area contributed by atoms with Gasteiger partial charge in [-0.2, -0.15) is 0 Å². The summed E-state index contributed by atoms with van der Waals surface area (Å²) in [6, 6.07) is 0. The highest BCUT2D eigenvalue weighted by Gasteiger charge is 2.27. The Morgan fingerprint density at radius 2 is 2.27 bits per heavy atom. The van der Waals surface area contributed by atoms with E-state index in [1.165, 1.54) is 42.9 Å². The van der Waals surface area contributed by atoms with E-state index in [0.29, 0.717) is 0 Å². The summed E-state index contributed by atoms with van der Waals surface area (Å²) in [4.78, 5) is 4.57. The molecule has 0 bridgehead atoms. The summed E-state index contributed by atoms with van der Waals surface area (Å²) in [5, 5.41) is 6.81. The van der Waals surface area contributed by atoms with Gasteiger partial charge in [-0.3, -0.25) is 0 Å². The van der Waals surface area contributed by atoms with Crippen LogP contribution in [0.5, 0.6) is 0 Å². The van der Waals surface area contributed by atoms with Crippen LogP contribution < -0.4 is 5.32 Å². The summed E-state index contributed by atoms with van der Waals surface area (Å²) in [5.74, 6) is 1.74. The van der Waals surface area contributed by atoms with E-state index in [-0.39, 0.29) is 0 Å². The van der Waals surface area contributed by atoms with Crippen molar-refractivity contribution in [1.29, 1.82) is 0 Å². The van der Waals surface area contributed by atoms with Crippen LogP contribution in [0.25, 0.3) is 0 Å². The summed E-state index contributed by atoms with van der Waals surface area (Å²) in [7, 11) is 2.06. The predicted octanol–water partition coefficient (Wildman–Crippen LogP) is 2.63. The van der Waals surface area contributed by atoms with Crippen LogP contribution in [0.3, 0.4) is 0 Å². The fourth-order valence-corrected chi connectivity index (χ4v) is 3.50. The lowest BCUT2D eigenvalue weighted by Gasteiger charge is -2.17. The van der Waals surface area contributed by atoms with E-state index < -0.39 is 0 Å². The second kappa shape index (κ2) is 5.08. The standard InChI is InChI=1S/C12H20N2S/c1-9-8-15-12(14-9)6-10-4-3-5-11(10)7-13-2/h8,10-11,13H,3-7H2,1-2H3. The number of thiazole rings is 1. The number of hydrogen-bond acceptors (Lipinski definition) is 3. The van der Waals surface area contributed by atoms with Gasteiger partial charge in [0, 0.05) is 17.5 Å². The zero-order valence-electron chi connectivity index (χ0n) is 9.62. The Morgan fingerprint density at radius 3 is 2.93 bits per heavy atom. The molecule has 0 amide bonds. The monoisotopic (exact) mass is 224 g/mol. The molecule has 2 nitrogen and oxygen atoms in total. The Bertz CT molecular complexity index is 308. The average molecular weight is 224 g/mol. The maximum Gasteiger partial charge on any atom is 0.0930 e. The van der Waals surface area contributed by atoms with Crippen LogP contribution >= 0.6 is 11.3 Å². The zero-order valence-corrected chi connectivity index (χ0v) is 10.4. The molecule has 1 fully saturated rings. The molecule has 2 atom stereocenters. The Kier molecular flexibility index (Phi) is 3.76. The van der Waals surface area contributed by atoms with Gasteiger partial charge in [-0.25, -0.2) is 4.98 Å². The van der Waals surface area contributed by atoms with E-state index in [2.05, 4.69) is 29.7 Å². The van der Waals surface area contributed by atoms with Crippen LogP contribution in [0.15, 0.2) is 5.38 Å². The molecule has 0 aliphatic heterocycles. The highest BCUT2D eigenvalue weighted by atomic mass is 32.1. The van der Waals surface area contributed by atoms with E-state index in [0.717, 1.165) is 11.8 Å². The van der Waals surface area contributed by atoms with Crippen molar-refractivity contribution in [3.8, 4) is 0 Å². The highest BCUT2D eigenvalue weighted by Crippen LogP contribution is 2.34. The Labute approximate surface area is 96.1 Å². The summed E-state index contributed by atoms with van der Waals surface area (Å²) >= 11 is 1.82. The minimum Gasteiger partial charge on any atom is -0.319 e. The fourth-order valence-electron chi connectivity index (χ4n) is 2.63. The summed E-state index contributed by atoms with van der Waals surface area (Å²) in [5.41, 5.74) is 1.18. The third-order valence-corrected chi connectivity index (χ3v) is 4.38. The van der Waals surface area contributed by atoms with Gasteiger partial charge >= 0.3 is 0 Å². The Morgan fingerprint density at radius 1 is 1.47 bits per heavy atom. The molecule has 1 N–H and O–H groups in total. The Balaban J connectivity index is 1.93. The normalized spacial score (nSPS) is 26.0. The number of nitrogens with one attached hydrogen (secondary N) is 1. The maximum atomic E-state index is 4.57. The molecule has 84 valence electrons. The van der Waals surface area contributed by atoms with Crippen LogP contribution in [0, 0.1) is 18.8 Å². The summed E-state index contributed by atoms with van der Waals surface area (Å²) in [6.45, 7) is 3.26. The third-order valence-electron chi connectivity index (χ3n) is 3.39. The minimum atomic E-state index is 0.864. The van der Waals surface area contributed by atoms with Gasteiger partial charge < -0.3 is 5.32 Å². The molecule has 1 saturated carbocycles. The van der Waals surface area contributed by atoms with Gasteiger partial charge in [0.05, 0.1) is 5.01 Å². The molecule has 1 aromatic heterocycles. The van der Waals surface area contributed by atoms with Crippen molar-refractivity contribution >= 4 is 11.3 Å². The number of aryl methyl sites for hydroxylation is 1. The van der Waals surface area contributed by atoms with Crippen LogP contribution in [0.4, 0.5) is 0 Å². The number of nitrogens with zero attached hydrogens (tertiary/aromatic N) is 1. The predicted molar refractivity (Wildman–Crippen MR) is 65.3 cm³/mol. The smallest absolute Gasteiger partial charge is 0.0930 e. The molecule has 3 heteroatoms. The van der Waals surface area contributed by atoms with Crippen LogP contribution in [-0.2, 0) is 6.42 Å². The lowest BCUT2D eigenvalue weighted by atomic mass is 9.93. The van der Waals surface area contributed by atoms with E-state index >= 15 is 0 Å². The van der Waals surface area contributed by atoms with Crippen molar-refractivity contribution in [2.75, 3.05) is 13.6 Å². The summed E-state index contributed by atoms with van der Waals surface area (Å²) in [6.07, 6.45) is 5.40. The fraction of sp³-hybridized carbons (Fsp3) is 0.750. The van der Waals surface area contributed by atoms with Crippen molar-refractivity contribution in [2.45, 2.75) is 32.6 Å². The lowest BCUT2D eigenvalue weighted by molar-refractivity contribution is 0.374. The molecule has 0 spiro atoms. The van der Waals surface area contributed by atoms with Gasteiger partial charge in [0.15, 0.2) is 0 Å². The van der Waals surface area contributed by atoms with E-state index in [9.17, 15) is 0 Å². The molecular formula is C12H20N2S. The van der Waals surface area contributed by atoms with Crippen LogP contribution in [0.1, 0.15) is 30.0 Å². The molecule has 0 saturated heterocycles. The van der Waals surface area contributed by atoms with Gasteiger partial charge in [0.25, 0.3) is 0 Å². The van der Waals surface area contributed by atoms with Gasteiger partial charge in [-0.15, -0.1) is 11.3 Å². The first-order valence-corrected chi connectivity index (χ1v) is 6.73.